The van der Waals surface area contributed by atoms with E-state index in [1.165, 1.54) is 54.6 Å². The van der Waals surface area contributed by atoms with Gasteiger partial charge in [0.25, 0.3) is 0 Å². The number of hydrogen-bond acceptors (Lipinski definition) is 8. The maximum atomic E-state index is 12.8. The molecule has 1 atom stereocenters. The molecule has 36 heavy (non-hydrogen) atoms. The number of alkyl halides is 3. The van der Waals surface area contributed by atoms with E-state index < -0.39 is 43.2 Å². The molecule has 0 aromatic heterocycles. The molecule has 13 heteroatoms. The van der Waals surface area contributed by atoms with Crippen LogP contribution in [0, 0.1) is 15.7 Å². The van der Waals surface area contributed by atoms with Crippen LogP contribution >= 0.6 is 0 Å². The van der Waals surface area contributed by atoms with Gasteiger partial charge in [-0.05, 0) is 69.9 Å². The van der Waals surface area contributed by atoms with Gasteiger partial charge in [0.2, 0.25) is 0 Å². The number of halogens is 3. The predicted octanol–water partition coefficient (Wildman–Crippen LogP) is 6.95. The predicted molar refractivity (Wildman–Crippen MR) is 125 cm³/mol. The first kappa shape index (κ1) is 27.6. The molecule has 0 amide bonds. The number of carbonyl (C=O) groups is 2. The molecule has 0 spiro atoms. The maximum absolute atomic E-state index is 12.8. The Morgan fingerprint density at radius 2 is 1.58 bits per heavy atom. The Hall–Kier alpha value is -4.64. The third-order valence-corrected chi connectivity index (χ3v) is 4.71. The molecular formula is C23H18F3N5O5. The summed E-state index contributed by atoms with van der Waals surface area (Å²) < 4.78 is 43.5. The minimum atomic E-state index is -4.57. The van der Waals surface area contributed by atoms with Gasteiger partial charge < -0.3 is 4.74 Å². The van der Waals surface area contributed by atoms with Gasteiger partial charge in [-0.2, -0.15) is 13.2 Å². The van der Waals surface area contributed by atoms with Crippen LogP contribution in [0.25, 0.3) is 22.6 Å². The number of nitroso groups, excluding NO2 is 2. The molecule has 2 rings (SSSR count). The highest BCUT2D eigenvalue weighted by Crippen LogP contribution is 2.30. The van der Waals surface area contributed by atoms with Crippen molar-refractivity contribution in [2.75, 3.05) is 6.73 Å². The molecule has 0 radical (unpaired) electrons. The highest BCUT2D eigenvalue weighted by molar-refractivity contribution is 6.13. The first-order valence-corrected chi connectivity index (χ1v) is 10.2. The van der Waals surface area contributed by atoms with Crippen LogP contribution in [0.2, 0.25) is 0 Å². The van der Waals surface area contributed by atoms with Crippen LogP contribution in [0.5, 0.6) is 5.75 Å². The lowest BCUT2D eigenvalue weighted by Gasteiger charge is -2.13. The average Bonchev–Trinajstić information content (AvgIpc) is 2.86. The largest absolute Gasteiger partial charge is 0.485 e. The van der Waals surface area contributed by atoms with Gasteiger partial charge in [0, 0.05) is 11.3 Å². The number of ether oxygens (including phenoxy) is 1. The second-order valence-corrected chi connectivity index (χ2v) is 7.18. The Bertz CT molecular complexity index is 1220. The number of hydrogen-bond donors (Lipinski definition) is 0. The van der Waals surface area contributed by atoms with Crippen molar-refractivity contribution in [1.82, 2.24) is 0 Å². The zero-order valence-electron chi connectivity index (χ0n) is 18.5. The SMILES string of the molecule is [N-]=[N+]=NCOc1cc(/C=C/C(=O)C(CCC(F)(F)F)C(=O)/C=C/c2ccc(N=O)cc2)ccc1N=O. The summed E-state index contributed by atoms with van der Waals surface area (Å²) in [6.07, 6.45) is -2.15. The lowest BCUT2D eigenvalue weighted by atomic mass is 9.92. The van der Waals surface area contributed by atoms with Crippen LogP contribution in [0.3, 0.4) is 0 Å². The van der Waals surface area contributed by atoms with Gasteiger partial charge in [0.05, 0.1) is 5.92 Å². The summed E-state index contributed by atoms with van der Waals surface area (Å²) in [4.78, 5) is 49.2. The van der Waals surface area contributed by atoms with Gasteiger partial charge in [0.15, 0.2) is 18.3 Å². The van der Waals surface area contributed by atoms with Crippen molar-refractivity contribution >= 4 is 35.1 Å². The smallest absolute Gasteiger partial charge is 0.389 e. The fraction of sp³-hybridized carbons (Fsp3) is 0.217. The van der Waals surface area contributed by atoms with Crippen LogP contribution in [-0.2, 0) is 9.59 Å². The molecule has 0 saturated heterocycles. The van der Waals surface area contributed by atoms with Crippen molar-refractivity contribution < 1.29 is 27.5 Å². The topological polar surface area (TPSA) is 151 Å². The molecule has 2 aromatic carbocycles. The molecule has 0 aliphatic heterocycles. The normalized spacial score (nSPS) is 12.2. The molecule has 186 valence electrons. The third-order valence-electron chi connectivity index (χ3n) is 4.71. The minimum Gasteiger partial charge on any atom is -0.485 e. The number of azide groups is 1. The van der Waals surface area contributed by atoms with Gasteiger partial charge in [-0.1, -0.05) is 35.5 Å². The zero-order chi connectivity index (χ0) is 26.6. The van der Waals surface area contributed by atoms with E-state index in [0.717, 1.165) is 12.2 Å². The molecule has 0 aliphatic rings. The summed E-state index contributed by atoms with van der Waals surface area (Å²) >= 11 is 0. The monoisotopic (exact) mass is 501 g/mol. The lowest BCUT2D eigenvalue weighted by molar-refractivity contribution is -0.142. The highest BCUT2D eigenvalue weighted by atomic mass is 19.4. The van der Waals surface area contributed by atoms with Crippen LogP contribution in [-0.4, -0.2) is 24.5 Å². The number of nitrogens with zero attached hydrogens (tertiary/aromatic N) is 5. The summed E-state index contributed by atoms with van der Waals surface area (Å²) in [5.74, 6) is -3.32. The van der Waals surface area contributed by atoms with E-state index in [1.54, 1.807) is 0 Å². The first-order chi connectivity index (χ1) is 17.2. The number of ketones is 2. The minimum absolute atomic E-state index is 0.0459. The van der Waals surface area contributed by atoms with E-state index >= 15 is 0 Å². The van der Waals surface area contributed by atoms with E-state index in [1.807, 2.05) is 0 Å². The van der Waals surface area contributed by atoms with E-state index in [-0.39, 0.29) is 17.1 Å². The average molecular weight is 501 g/mol. The number of allylic oxidation sites excluding steroid dienone is 2. The van der Waals surface area contributed by atoms with Gasteiger partial charge >= 0.3 is 6.18 Å². The van der Waals surface area contributed by atoms with Crippen LogP contribution in [0.1, 0.15) is 24.0 Å². The van der Waals surface area contributed by atoms with Crippen molar-refractivity contribution in [3.05, 3.63) is 86.0 Å². The fourth-order valence-corrected chi connectivity index (χ4v) is 2.92. The summed E-state index contributed by atoms with van der Waals surface area (Å²) in [6.45, 7) is -0.431. The molecule has 0 saturated carbocycles. The molecule has 0 bridgehead atoms. The quantitative estimate of drug-likeness (QED) is 0.0726. The molecule has 2 aromatic rings. The van der Waals surface area contributed by atoms with Gasteiger partial charge in [-0.3, -0.25) is 9.59 Å². The molecule has 1 unspecified atom stereocenters. The van der Waals surface area contributed by atoms with Crippen molar-refractivity contribution in [3.8, 4) is 5.75 Å². The second-order valence-electron chi connectivity index (χ2n) is 7.18. The Morgan fingerprint density at radius 3 is 2.14 bits per heavy atom. The first-order valence-electron chi connectivity index (χ1n) is 10.2. The van der Waals surface area contributed by atoms with Crippen molar-refractivity contribution in [3.63, 3.8) is 0 Å². The lowest BCUT2D eigenvalue weighted by Crippen LogP contribution is -2.23. The standard InChI is InChI=1S/C23H18F3N5O5/c24-23(25,26)12-11-18(20(32)9-4-15-1-6-17(29-34)7-2-15)21(33)10-5-16-3-8-19(30-35)22(13-16)36-14-28-31-27/h1-10,13,18H,11-12,14H2/b9-4+,10-5+. The molecule has 0 aliphatic carbocycles. The second kappa shape index (κ2) is 13.3. The number of benzene rings is 2. The number of rotatable bonds is 13. The Morgan fingerprint density at radius 1 is 0.972 bits per heavy atom. The molecule has 0 fully saturated rings. The highest BCUT2D eigenvalue weighted by Gasteiger charge is 2.32. The van der Waals surface area contributed by atoms with Gasteiger partial charge in [-0.25, -0.2) is 0 Å². The maximum Gasteiger partial charge on any atom is 0.389 e. The third kappa shape index (κ3) is 8.95. The molecule has 0 N–H and O–H groups in total. The van der Waals surface area contributed by atoms with Crippen LogP contribution < -0.4 is 4.74 Å². The fourth-order valence-electron chi connectivity index (χ4n) is 2.92. The Labute approximate surface area is 202 Å². The number of carbonyl (C=O) groups excluding carboxylic acids is 2. The summed E-state index contributed by atoms with van der Waals surface area (Å²) in [7, 11) is 0. The molecular weight excluding hydrogens is 483 g/mol. The van der Waals surface area contributed by atoms with E-state index in [0.29, 0.717) is 11.1 Å². The van der Waals surface area contributed by atoms with Crippen molar-refractivity contribution in [2.24, 2.45) is 21.4 Å². The van der Waals surface area contributed by atoms with Crippen molar-refractivity contribution in [1.29, 1.82) is 0 Å². The molecule has 0 heterocycles. The van der Waals surface area contributed by atoms with E-state index in [2.05, 4.69) is 20.4 Å². The van der Waals surface area contributed by atoms with Crippen LogP contribution in [0.15, 0.2) is 70.1 Å². The summed E-state index contributed by atoms with van der Waals surface area (Å²) in [5, 5.41) is 8.66. The van der Waals surface area contributed by atoms with Gasteiger partial charge in [0.1, 0.15) is 17.1 Å². The van der Waals surface area contributed by atoms with Gasteiger partial charge in [-0.15, -0.1) is 9.81 Å². The van der Waals surface area contributed by atoms with E-state index in [9.17, 15) is 32.6 Å². The van der Waals surface area contributed by atoms with Crippen LogP contribution in [0.4, 0.5) is 24.5 Å². The Balaban J connectivity index is 2.23. The summed E-state index contributed by atoms with van der Waals surface area (Å²) in [5.41, 5.74) is 9.16. The molecule has 10 nitrogen and oxygen atoms in total. The van der Waals surface area contributed by atoms with E-state index in [4.69, 9.17) is 10.3 Å². The zero-order valence-corrected chi connectivity index (χ0v) is 18.5. The Kier molecular flexibility index (Phi) is 10.2. The van der Waals surface area contributed by atoms with Crippen molar-refractivity contribution in [2.45, 2.75) is 19.0 Å². The summed E-state index contributed by atoms with van der Waals surface area (Å²) in [6, 6.07) is 9.70.